The van der Waals surface area contributed by atoms with Gasteiger partial charge in [0.25, 0.3) is 5.91 Å². The van der Waals surface area contributed by atoms with Crippen molar-refractivity contribution in [2.75, 3.05) is 44.8 Å². The van der Waals surface area contributed by atoms with Crippen LogP contribution in [0.3, 0.4) is 0 Å². The third-order valence-electron chi connectivity index (χ3n) is 5.44. The van der Waals surface area contributed by atoms with Crippen molar-refractivity contribution in [2.24, 2.45) is 5.16 Å². The van der Waals surface area contributed by atoms with E-state index in [1.54, 1.807) is 13.0 Å². The molecule has 0 atom stereocenters. The van der Waals surface area contributed by atoms with Crippen molar-refractivity contribution in [3.05, 3.63) is 58.4 Å². The van der Waals surface area contributed by atoms with E-state index in [0.29, 0.717) is 12.1 Å². The summed E-state index contributed by atoms with van der Waals surface area (Å²) in [6.07, 6.45) is 4.44. The number of aliphatic hydroxyl groups is 1. The van der Waals surface area contributed by atoms with E-state index in [0.717, 1.165) is 38.2 Å². The van der Waals surface area contributed by atoms with Gasteiger partial charge in [0, 0.05) is 12.1 Å². The molecule has 3 N–H and O–H groups in total. The molecule has 190 valence electrons. The van der Waals surface area contributed by atoms with Crippen molar-refractivity contribution in [1.82, 2.24) is 10.4 Å². The number of carbonyl (C=O) groups excluding carboxylic acids is 1. The second kappa shape index (κ2) is 13.1. The number of aliphatic hydroxyl groups excluding tert-OH is 1. The molecule has 0 aromatic heterocycles. The summed E-state index contributed by atoms with van der Waals surface area (Å²) in [6.45, 7) is 3.99. The van der Waals surface area contributed by atoms with Gasteiger partial charge in [0.15, 0.2) is 11.6 Å². The fourth-order valence-corrected chi connectivity index (χ4v) is 3.61. The summed E-state index contributed by atoms with van der Waals surface area (Å²) in [4.78, 5) is 24.8. The highest BCUT2D eigenvalue weighted by atomic mass is 19.2. The maximum absolute atomic E-state index is 15.1. The molecule has 1 amide bonds. The highest BCUT2D eigenvalue weighted by molar-refractivity contribution is 6.01. The SMILES string of the molecule is Cc1ccc(Nc2c(C(=O)NOCCO)cc(/C=N/OCCN3CCCCC3)c(F)c2F)c(F)c1. The molecular formula is C24H29F3N4O4. The third-order valence-corrected chi connectivity index (χ3v) is 5.44. The monoisotopic (exact) mass is 494 g/mol. The largest absolute Gasteiger partial charge is 0.394 e. The summed E-state index contributed by atoms with van der Waals surface area (Å²) >= 11 is 0. The third kappa shape index (κ3) is 7.41. The van der Waals surface area contributed by atoms with Crippen LogP contribution in [0, 0.1) is 24.4 Å². The standard InChI is InChI=1S/C24H29F3N4O4/c1-16-5-6-20(19(25)13-16)29-23-18(24(33)30-35-12-10-32)14-17(21(26)22(23)27)15-28-34-11-9-31-7-3-2-4-8-31/h5-6,13-15,29,32H,2-4,7-12H2,1H3,(H,30,33)/b28-15+. The van der Waals surface area contributed by atoms with Crippen molar-refractivity contribution in [3.63, 3.8) is 0 Å². The number of hydrogen-bond acceptors (Lipinski definition) is 7. The normalized spacial score (nSPS) is 14.3. The van der Waals surface area contributed by atoms with Gasteiger partial charge in [-0.05, 0) is 56.6 Å². The van der Waals surface area contributed by atoms with Crippen LogP contribution in [-0.4, -0.2) is 61.6 Å². The Bertz CT molecular complexity index is 1050. The second-order valence-corrected chi connectivity index (χ2v) is 8.10. The van der Waals surface area contributed by atoms with Gasteiger partial charge in [-0.15, -0.1) is 0 Å². The zero-order valence-corrected chi connectivity index (χ0v) is 19.5. The molecule has 1 aliphatic rings. The summed E-state index contributed by atoms with van der Waals surface area (Å²) in [7, 11) is 0. The highest BCUT2D eigenvalue weighted by Crippen LogP contribution is 2.30. The Morgan fingerprint density at radius 1 is 1.14 bits per heavy atom. The molecule has 0 spiro atoms. The Labute approximate surface area is 201 Å². The number of rotatable bonds is 11. The first-order valence-corrected chi connectivity index (χ1v) is 11.4. The van der Waals surface area contributed by atoms with Gasteiger partial charge < -0.3 is 15.3 Å². The Balaban J connectivity index is 1.81. The summed E-state index contributed by atoms with van der Waals surface area (Å²) in [6, 6.07) is 5.18. The van der Waals surface area contributed by atoms with E-state index in [-0.39, 0.29) is 36.6 Å². The van der Waals surface area contributed by atoms with E-state index in [2.05, 4.69) is 15.4 Å². The Morgan fingerprint density at radius 3 is 2.63 bits per heavy atom. The van der Waals surface area contributed by atoms with Crippen molar-refractivity contribution < 1.29 is 32.7 Å². The van der Waals surface area contributed by atoms with Gasteiger partial charge >= 0.3 is 0 Å². The average Bonchev–Trinajstić information content (AvgIpc) is 2.85. The molecule has 1 heterocycles. The first-order valence-electron chi connectivity index (χ1n) is 11.4. The number of amides is 1. The van der Waals surface area contributed by atoms with Crippen molar-refractivity contribution in [3.8, 4) is 0 Å². The lowest BCUT2D eigenvalue weighted by molar-refractivity contribution is 0.0168. The molecule has 2 aromatic carbocycles. The lowest BCUT2D eigenvalue weighted by Crippen LogP contribution is -2.32. The van der Waals surface area contributed by atoms with Crippen LogP contribution in [0.25, 0.3) is 0 Å². The van der Waals surface area contributed by atoms with Crippen LogP contribution in [-0.2, 0) is 9.68 Å². The van der Waals surface area contributed by atoms with Crippen molar-refractivity contribution >= 4 is 23.5 Å². The van der Waals surface area contributed by atoms with Gasteiger partial charge in [-0.3, -0.25) is 14.5 Å². The zero-order valence-electron chi connectivity index (χ0n) is 19.5. The minimum atomic E-state index is -1.41. The average molecular weight is 495 g/mol. The summed E-state index contributed by atoms with van der Waals surface area (Å²) in [5.41, 5.74) is 1.22. The molecule has 0 radical (unpaired) electrons. The number of anilines is 2. The number of hydrogen-bond donors (Lipinski definition) is 3. The van der Waals surface area contributed by atoms with Crippen LogP contribution < -0.4 is 10.8 Å². The molecule has 0 aliphatic carbocycles. The first kappa shape index (κ1) is 26.5. The molecule has 2 aromatic rings. The van der Waals surface area contributed by atoms with Crippen LogP contribution in [0.5, 0.6) is 0 Å². The number of aryl methyl sites for hydroxylation is 1. The zero-order chi connectivity index (χ0) is 25.2. The number of hydroxylamine groups is 1. The maximum Gasteiger partial charge on any atom is 0.277 e. The highest BCUT2D eigenvalue weighted by Gasteiger charge is 2.23. The van der Waals surface area contributed by atoms with Gasteiger partial charge in [-0.1, -0.05) is 17.6 Å². The Kier molecular flexibility index (Phi) is 9.88. The van der Waals surface area contributed by atoms with Gasteiger partial charge in [-0.25, -0.2) is 18.7 Å². The smallest absolute Gasteiger partial charge is 0.277 e. The quantitative estimate of drug-likeness (QED) is 0.251. The molecule has 3 rings (SSSR count). The van der Waals surface area contributed by atoms with Gasteiger partial charge in [0.05, 0.1) is 36.4 Å². The second-order valence-electron chi connectivity index (χ2n) is 8.10. The van der Waals surface area contributed by atoms with Gasteiger partial charge in [0.1, 0.15) is 12.4 Å². The molecule has 0 saturated carbocycles. The van der Waals surface area contributed by atoms with Crippen LogP contribution in [0.15, 0.2) is 29.4 Å². The van der Waals surface area contributed by atoms with Gasteiger partial charge in [0.2, 0.25) is 0 Å². The fraction of sp³-hybridized carbons (Fsp3) is 0.417. The number of oxime groups is 1. The number of likely N-dealkylation sites (tertiary alicyclic amines) is 1. The van der Waals surface area contributed by atoms with Crippen LogP contribution in [0.2, 0.25) is 0 Å². The topological polar surface area (TPSA) is 95.4 Å². The fourth-order valence-electron chi connectivity index (χ4n) is 3.61. The molecular weight excluding hydrogens is 465 g/mol. The van der Waals surface area contributed by atoms with Crippen LogP contribution in [0.1, 0.15) is 40.7 Å². The summed E-state index contributed by atoms with van der Waals surface area (Å²) < 4.78 is 44.2. The van der Waals surface area contributed by atoms with Crippen LogP contribution in [0.4, 0.5) is 24.5 Å². The lowest BCUT2D eigenvalue weighted by atomic mass is 10.1. The minimum Gasteiger partial charge on any atom is -0.394 e. The van der Waals surface area contributed by atoms with Crippen molar-refractivity contribution in [1.29, 1.82) is 0 Å². The number of nitrogens with one attached hydrogen (secondary N) is 2. The van der Waals surface area contributed by atoms with E-state index < -0.39 is 29.0 Å². The minimum absolute atomic E-state index is 0.151. The Morgan fingerprint density at radius 2 is 1.91 bits per heavy atom. The Hall–Kier alpha value is -3.15. The maximum atomic E-state index is 15.1. The molecule has 0 bridgehead atoms. The molecule has 1 saturated heterocycles. The van der Waals surface area contributed by atoms with E-state index in [9.17, 15) is 13.6 Å². The van der Waals surface area contributed by atoms with Crippen molar-refractivity contribution in [2.45, 2.75) is 26.2 Å². The van der Waals surface area contributed by atoms with E-state index in [4.69, 9.17) is 14.8 Å². The molecule has 35 heavy (non-hydrogen) atoms. The molecule has 0 unspecified atom stereocenters. The number of halogens is 3. The predicted molar refractivity (Wildman–Crippen MR) is 125 cm³/mol. The van der Waals surface area contributed by atoms with E-state index >= 15 is 4.39 Å². The lowest BCUT2D eigenvalue weighted by Gasteiger charge is -2.25. The van der Waals surface area contributed by atoms with E-state index in [1.807, 2.05) is 5.48 Å². The predicted octanol–water partition coefficient (Wildman–Crippen LogP) is 3.65. The summed E-state index contributed by atoms with van der Waals surface area (Å²) in [5, 5.41) is 15.0. The molecule has 1 fully saturated rings. The number of nitrogens with zero attached hydrogens (tertiary/aromatic N) is 2. The molecule has 11 heteroatoms. The van der Waals surface area contributed by atoms with E-state index in [1.165, 1.54) is 18.6 Å². The number of carbonyl (C=O) groups is 1. The first-order chi connectivity index (χ1) is 16.9. The molecule has 1 aliphatic heterocycles. The van der Waals surface area contributed by atoms with Gasteiger partial charge in [-0.2, -0.15) is 0 Å². The number of benzene rings is 2. The summed E-state index contributed by atoms with van der Waals surface area (Å²) in [5.74, 6) is -4.35. The number of piperidine rings is 1. The van der Waals surface area contributed by atoms with Crippen LogP contribution >= 0.6 is 0 Å². The molecule has 8 nitrogen and oxygen atoms in total.